The highest BCUT2D eigenvalue weighted by Crippen LogP contribution is 2.06. The van der Waals surface area contributed by atoms with Crippen LogP contribution in [0.15, 0.2) is 23.8 Å². The first-order valence-corrected chi connectivity index (χ1v) is 3.86. The topological polar surface area (TPSA) is 46.2 Å². The zero-order valence-electron chi connectivity index (χ0n) is 7.49. The Morgan fingerprint density at radius 2 is 2.25 bits per heavy atom. The van der Waals surface area contributed by atoms with Crippen molar-refractivity contribution < 1.29 is 5.11 Å². The zero-order valence-corrected chi connectivity index (χ0v) is 7.49. The quantitative estimate of drug-likeness (QED) is 0.480. The molecule has 0 unspecified atom stereocenters. The summed E-state index contributed by atoms with van der Waals surface area (Å²) in [7, 11) is 0. The Bertz CT molecular complexity index is 220. The molecule has 3 N–H and O–H groups in total. The third-order valence-electron chi connectivity index (χ3n) is 1.45. The van der Waals surface area contributed by atoms with E-state index in [2.05, 4.69) is 5.92 Å². The molecule has 0 radical (unpaired) electrons. The molecule has 0 aliphatic carbocycles. The van der Waals surface area contributed by atoms with Crippen molar-refractivity contribution in [2.24, 2.45) is 5.73 Å². The highest BCUT2D eigenvalue weighted by atomic mass is 16.3. The monoisotopic (exact) mass is 165 g/mol. The molecule has 0 spiro atoms. The van der Waals surface area contributed by atoms with Gasteiger partial charge in [0.25, 0.3) is 0 Å². The predicted octanol–water partition coefficient (Wildman–Crippen LogP) is 0.830. The maximum Gasteiger partial charge on any atom is 0.0944 e. The van der Waals surface area contributed by atoms with Crippen molar-refractivity contribution in [3.8, 4) is 12.3 Å². The Morgan fingerprint density at radius 1 is 1.67 bits per heavy atom. The average molecular weight is 165 g/mol. The van der Waals surface area contributed by atoms with Crippen molar-refractivity contribution in [1.29, 1.82) is 0 Å². The van der Waals surface area contributed by atoms with E-state index < -0.39 is 6.10 Å². The Hall–Kier alpha value is -1.04. The Labute approximate surface area is 73.8 Å². The number of hydrogen-bond acceptors (Lipinski definition) is 2. The van der Waals surface area contributed by atoms with Gasteiger partial charge >= 0.3 is 0 Å². The van der Waals surface area contributed by atoms with Gasteiger partial charge in [0.1, 0.15) is 0 Å². The van der Waals surface area contributed by atoms with E-state index in [1.54, 1.807) is 13.0 Å². The first-order valence-electron chi connectivity index (χ1n) is 3.86. The normalized spacial score (nSPS) is 17.4. The second kappa shape index (κ2) is 5.59. The van der Waals surface area contributed by atoms with Crippen molar-refractivity contribution in [2.75, 3.05) is 0 Å². The van der Waals surface area contributed by atoms with E-state index in [4.69, 9.17) is 12.2 Å². The molecule has 0 saturated carbocycles. The third-order valence-corrected chi connectivity index (χ3v) is 1.45. The van der Waals surface area contributed by atoms with Crippen molar-refractivity contribution in [3.05, 3.63) is 23.8 Å². The smallest absolute Gasteiger partial charge is 0.0944 e. The zero-order chi connectivity index (χ0) is 9.56. The van der Waals surface area contributed by atoms with E-state index in [1.165, 1.54) is 6.08 Å². The van der Waals surface area contributed by atoms with Crippen molar-refractivity contribution in [3.63, 3.8) is 0 Å². The summed E-state index contributed by atoms with van der Waals surface area (Å²) in [4.78, 5) is 0. The molecule has 2 heteroatoms. The third kappa shape index (κ3) is 3.38. The number of aliphatic hydroxyl groups is 1. The SMILES string of the molecule is C#C/C=C(\C=C/C)[C@H](O)[C@@H](C)N. The summed E-state index contributed by atoms with van der Waals surface area (Å²) < 4.78 is 0. The number of hydrogen-bond donors (Lipinski definition) is 2. The van der Waals surface area contributed by atoms with Gasteiger partial charge in [-0.3, -0.25) is 0 Å². The van der Waals surface area contributed by atoms with Crippen LogP contribution in [0.25, 0.3) is 0 Å². The fourth-order valence-corrected chi connectivity index (χ4v) is 0.824. The Kier molecular flexibility index (Phi) is 5.11. The summed E-state index contributed by atoms with van der Waals surface area (Å²) >= 11 is 0. The fraction of sp³-hybridized carbons (Fsp3) is 0.400. The molecular formula is C10H15NO. The van der Waals surface area contributed by atoms with Crippen LogP contribution in [0.2, 0.25) is 0 Å². The molecule has 0 aromatic carbocycles. The van der Waals surface area contributed by atoms with E-state index in [9.17, 15) is 5.11 Å². The first-order chi connectivity index (χ1) is 5.63. The highest BCUT2D eigenvalue weighted by Gasteiger charge is 2.11. The van der Waals surface area contributed by atoms with Gasteiger partial charge in [0.05, 0.1) is 6.10 Å². The lowest BCUT2D eigenvalue weighted by Crippen LogP contribution is -2.32. The lowest BCUT2D eigenvalue weighted by Gasteiger charge is -2.14. The van der Waals surface area contributed by atoms with E-state index in [-0.39, 0.29) is 6.04 Å². The minimum Gasteiger partial charge on any atom is -0.387 e. The van der Waals surface area contributed by atoms with Crippen LogP contribution in [-0.2, 0) is 0 Å². The highest BCUT2D eigenvalue weighted by molar-refractivity contribution is 5.30. The van der Waals surface area contributed by atoms with Crippen LogP contribution in [-0.4, -0.2) is 17.3 Å². The summed E-state index contributed by atoms with van der Waals surface area (Å²) in [6.07, 6.45) is 9.50. The van der Waals surface area contributed by atoms with Crippen molar-refractivity contribution in [2.45, 2.75) is 26.0 Å². The number of allylic oxidation sites excluding steroid dienone is 2. The molecule has 0 fully saturated rings. The molecule has 12 heavy (non-hydrogen) atoms. The molecule has 2 atom stereocenters. The lowest BCUT2D eigenvalue weighted by atomic mass is 10.0. The molecule has 66 valence electrons. The molecule has 0 saturated heterocycles. The summed E-state index contributed by atoms with van der Waals surface area (Å²) in [5.74, 6) is 2.36. The summed E-state index contributed by atoms with van der Waals surface area (Å²) in [5, 5.41) is 9.51. The van der Waals surface area contributed by atoms with Gasteiger partial charge in [0.2, 0.25) is 0 Å². The van der Waals surface area contributed by atoms with Crippen molar-refractivity contribution in [1.82, 2.24) is 0 Å². The van der Waals surface area contributed by atoms with Gasteiger partial charge < -0.3 is 10.8 Å². The van der Waals surface area contributed by atoms with Crippen LogP contribution < -0.4 is 5.73 Å². The van der Waals surface area contributed by atoms with Gasteiger partial charge in [-0.05, 0) is 25.5 Å². The van der Waals surface area contributed by atoms with Crippen molar-refractivity contribution >= 4 is 0 Å². The number of nitrogens with two attached hydrogens (primary N) is 1. The van der Waals surface area contributed by atoms with E-state index in [0.29, 0.717) is 5.57 Å². The largest absolute Gasteiger partial charge is 0.387 e. The summed E-state index contributed by atoms with van der Waals surface area (Å²) in [5.41, 5.74) is 6.18. The maximum absolute atomic E-state index is 9.51. The average Bonchev–Trinajstić information content (AvgIpc) is 2.03. The minimum absolute atomic E-state index is 0.305. The van der Waals surface area contributed by atoms with Gasteiger partial charge in [-0.1, -0.05) is 18.1 Å². The molecule has 2 nitrogen and oxygen atoms in total. The molecule has 0 aliphatic rings. The number of rotatable bonds is 3. The molecule has 0 bridgehead atoms. The second-order valence-electron chi connectivity index (χ2n) is 2.61. The standard InChI is InChI=1S/C10H15NO/c1-4-6-9(7-5-2)10(12)8(3)11/h1,5-8,10,12H,11H2,2-3H3/b7-5-,9-6+/t8-,10-/m1/s1. The van der Waals surface area contributed by atoms with Gasteiger partial charge in [-0.15, -0.1) is 6.42 Å². The van der Waals surface area contributed by atoms with E-state index in [0.717, 1.165) is 0 Å². The second-order valence-corrected chi connectivity index (χ2v) is 2.61. The van der Waals surface area contributed by atoms with Gasteiger partial charge in [0, 0.05) is 6.04 Å². The lowest BCUT2D eigenvalue weighted by molar-refractivity contribution is 0.190. The van der Waals surface area contributed by atoms with Gasteiger partial charge in [-0.2, -0.15) is 0 Å². The molecule has 0 amide bonds. The molecule has 0 aliphatic heterocycles. The Balaban J connectivity index is 4.54. The molecule has 0 aromatic heterocycles. The maximum atomic E-state index is 9.51. The molecule has 0 aromatic rings. The van der Waals surface area contributed by atoms with Crippen LogP contribution in [0.1, 0.15) is 13.8 Å². The van der Waals surface area contributed by atoms with Crippen LogP contribution in [0.4, 0.5) is 0 Å². The number of aliphatic hydroxyl groups excluding tert-OH is 1. The Morgan fingerprint density at radius 3 is 2.58 bits per heavy atom. The predicted molar refractivity (Wildman–Crippen MR) is 51.4 cm³/mol. The minimum atomic E-state index is -0.683. The molecule has 0 rings (SSSR count). The van der Waals surface area contributed by atoms with E-state index in [1.807, 2.05) is 13.0 Å². The molecule has 0 heterocycles. The van der Waals surface area contributed by atoms with Crippen LogP contribution >= 0.6 is 0 Å². The van der Waals surface area contributed by atoms with Crippen LogP contribution in [0.5, 0.6) is 0 Å². The first kappa shape index (κ1) is 11.0. The summed E-state index contributed by atoms with van der Waals surface area (Å²) in [6, 6.07) is -0.305. The van der Waals surface area contributed by atoms with E-state index >= 15 is 0 Å². The van der Waals surface area contributed by atoms with Gasteiger partial charge in [-0.25, -0.2) is 0 Å². The van der Waals surface area contributed by atoms with Crippen LogP contribution in [0.3, 0.4) is 0 Å². The fourth-order valence-electron chi connectivity index (χ4n) is 0.824. The van der Waals surface area contributed by atoms with Crippen LogP contribution in [0, 0.1) is 12.3 Å². The summed E-state index contributed by atoms with van der Waals surface area (Å²) in [6.45, 7) is 3.59. The number of terminal acetylenes is 1. The van der Waals surface area contributed by atoms with Gasteiger partial charge in [0.15, 0.2) is 0 Å². The molecular weight excluding hydrogens is 150 g/mol.